The van der Waals surface area contributed by atoms with Crippen LogP contribution in [0.4, 0.5) is 4.39 Å². The number of amides is 1. The monoisotopic (exact) mass is 329 g/mol. The predicted molar refractivity (Wildman–Crippen MR) is 83.5 cm³/mol. The van der Waals surface area contributed by atoms with Crippen molar-refractivity contribution in [2.75, 3.05) is 26.9 Å². The number of aliphatic carboxylic acids is 1. The van der Waals surface area contributed by atoms with Crippen LogP contribution >= 0.6 is 11.8 Å². The molecule has 0 spiro atoms. The lowest BCUT2D eigenvalue weighted by Crippen LogP contribution is -2.61. The fraction of sp³-hybridized carbons (Fsp3) is 0.643. The van der Waals surface area contributed by atoms with E-state index in [1.54, 1.807) is 7.05 Å². The Morgan fingerprint density at radius 1 is 1.59 bits per heavy atom. The maximum atomic E-state index is 13.5. The first-order valence-corrected chi connectivity index (χ1v) is 7.97. The van der Waals surface area contributed by atoms with Crippen molar-refractivity contribution in [3.05, 3.63) is 10.6 Å². The van der Waals surface area contributed by atoms with Gasteiger partial charge in [0.2, 0.25) is 5.91 Å². The number of amidine groups is 1. The summed E-state index contributed by atoms with van der Waals surface area (Å²) >= 11 is 1.35. The number of carboxylic acid groups (broad SMARTS) is 1. The molecule has 122 valence electrons. The first-order valence-electron chi connectivity index (χ1n) is 6.99. The van der Waals surface area contributed by atoms with Gasteiger partial charge >= 0.3 is 5.97 Å². The minimum absolute atomic E-state index is 0.00566. The number of rotatable bonds is 5. The van der Waals surface area contributed by atoms with Crippen LogP contribution in [0.15, 0.2) is 15.6 Å². The molecule has 0 aliphatic carbocycles. The van der Waals surface area contributed by atoms with Crippen LogP contribution in [0.3, 0.4) is 0 Å². The molecule has 0 aromatic carbocycles. The van der Waals surface area contributed by atoms with Gasteiger partial charge in [-0.15, -0.1) is 11.8 Å². The smallest absolute Gasteiger partial charge is 0.353 e. The third kappa shape index (κ3) is 2.71. The Labute approximate surface area is 133 Å². The van der Waals surface area contributed by atoms with Crippen LogP contribution in [-0.2, 0) is 9.59 Å². The molecule has 1 N–H and O–H groups in total. The summed E-state index contributed by atoms with van der Waals surface area (Å²) in [5.41, 5.74) is 0.00566. The first-order chi connectivity index (χ1) is 10.3. The molecule has 22 heavy (non-hydrogen) atoms. The topological polar surface area (TPSA) is 73.2 Å². The highest BCUT2D eigenvalue weighted by Gasteiger charge is 2.57. The second-order valence-electron chi connectivity index (χ2n) is 5.58. The molecule has 2 rings (SSSR count). The highest BCUT2D eigenvalue weighted by Crippen LogP contribution is 2.47. The molecule has 0 unspecified atom stereocenters. The van der Waals surface area contributed by atoms with Crippen LogP contribution in [0.1, 0.15) is 13.3 Å². The molecule has 1 amide bonds. The number of carbonyl (C=O) groups is 2. The van der Waals surface area contributed by atoms with Crippen molar-refractivity contribution < 1.29 is 19.1 Å². The zero-order valence-corrected chi connectivity index (χ0v) is 13.9. The Bertz CT molecular complexity index is 560. The van der Waals surface area contributed by atoms with Gasteiger partial charge in [0.05, 0.1) is 17.7 Å². The van der Waals surface area contributed by atoms with Gasteiger partial charge < -0.3 is 14.9 Å². The first kappa shape index (κ1) is 16.8. The second kappa shape index (κ2) is 6.28. The number of hydrogen-bond donors (Lipinski definition) is 1. The molecule has 0 aromatic heterocycles. The third-order valence-electron chi connectivity index (χ3n) is 4.02. The molecule has 2 heterocycles. The van der Waals surface area contributed by atoms with E-state index < -0.39 is 24.0 Å². The minimum atomic E-state index is -1.26. The summed E-state index contributed by atoms with van der Waals surface area (Å²) in [4.78, 5) is 31.3. The van der Waals surface area contributed by atoms with Crippen molar-refractivity contribution in [1.82, 2.24) is 9.80 Å². The summed E-state index contributed by atoms with van der Waals surface area (Å²) in [7, 11) is 5.40. The lowest BCUT2D eigenvalue weighted by Gasteiger charge is -2.43. The Hall–Kier alpha value is -1.57. The van der Waals surface area contributed by atoms with Crippen molar-refractivity contribution in [1.29, 1.82) is 0 Å². The lowest BCUT2D eigenvalue weighted by atomic mass is 9.84. The number of carbonyl (C=O) groups excluding carboxylic acids is 1. The molecule has 1 fully saturated rings. The molecule has 0 saturated carbocycles. The van der Waals surface area contributed by atoms with Crippen LogP contribution in [0.2, 0.25) is 0 Å². The minimum Gasteiger partial charge on any atom is -0.477 e. The number of carboxylic acids is 1. The maximum Gasteiger partial charge on any atom is 0.353 e. The quantitative estimate of drug-likeness (QED) is 0.466. The number of thioether (sulfide) groups is 1. The molecule has 8 heteroatoms. The van der Waals surface area contributed by atoms with E-state index in [-0.39, 0.29) is 11.7 Å². The predicted octanol–water partition coefficient (Wildman–Crippen LogP) is 1.19. The average Bonchev–Trinajstić information content (AvgIpc) is 2.73. The fourth-order valence-electron chi connectivity index (χ4n) is 2.88. The molecule has 0 bridgehead atoms. The van der Waals surface area contributed by atoms with E-state index in [0.717, 1.165) is 5.84 Å². The zero-order valence-electron chi connectivity index (χ0n) is 13.0. The Kier molecular flexibility index (Phi) is 4.79. The SMILES string of the molecule is CN=C(CSC1=C(C(=O)O)N2C(=O)[C@@H]([C@@H](C)F)[C@H]2C1)N(C)C. The second-order valence-corrected chi connectivity index (χ2v) is 6.65. The molecule has 3 atom stereocenters. The summed E-state index contributed by atoms with van der Waals surface area (Å²) in [5, 5.41) is 9.38. The molecule has 0 radical (unpaired) electrons. The van der Waals surface area contributed by atoms with Crippen LogP contribution in [0.25, 0.3) is 0 Å². The van der Waals surface area contributed by atoms with E-state index in [1.165, 1.54) is 23.6 Å². The number of alkyl halides is 1. The van der Waals surface area contributed by atoms with Gasteiger partial charge in [-0.05, 0) is 6.92 Å². The van der Waals surface area contributed by atoms with E-state index in [1.807, 2.05) is 19.0 Å². The van der Waals surface area contributed by atoms with Gasteiger partial charge in [-0.2, -0.15) is 0 Å². The van der Waals surface area contributed by atoms with Crippen LogP contribution < -0.4 is 0 Å². The summed E-state index contributed by atoms with van der Waals surface area (Å²) in [6, 6.07) is -0.359. The molecular weight excluding hydrogens is 309 g/mol. The fourth-order valence-corrected chi connectivity index (χ4v) is 4.18. The summed E-state index contributed by atoms with van der Waals surface area (Å²) in [6.45, 7) is 1.35. The average molecular weight is 329 g/mol. The number of β-lactam (4-membered cyclic amide) rings is 1. The van der Waals surface area contributed by atoms with Crippen molar-refractivity contribution in [2.24, 2.45) is 10.9 Å². The summed E-state index contributed by atoms with van der Waals surface area (Å²) in [6.07, 6.45) is -0.857. The van der Waals surface area contributed by atoms with Gasteiger partial charge in [-0.1, -0.05) is 0 Å². The van der Waals surface area contributed by atoms with Gasteiger partial charge in [-0.25, -0.2) is 9.18 Å². The van der Waals surface area contributed by atoms with E-state index in [0.29, 0.717) is 17.1 Å². The van der Waals surface area contributed by atoms with Gasteiger partial charge in [0.25, 0.3) is 0 Å². The normalized spacial score (nSPS) is 26.0. The molecule has 2 aliphatic rings. The molecule has 6 nitrogen and oxygen atoms in total. The van der Waals surface area contributed by atoms with Crippen molar-refractivity contribution >= 4 is 29.5 Å². The number of fused-ring (bicyclic) bond motifs is 1. The van der Waals surface area contributed by atoms with E-state index >= 15 is 0 Å². The van der Waals surface area contributed by atoms with Gasteiger partial charge in [0, 0.05) is 32.5 Å². The zero-order chi connectivity index (χ0) is 16.6. The molecule has 2 aliphatic heterocycles. The Balaban J connectivity index is 2.17. The molecule has 0 aromatic rings. The Morgan fingerprint density at radius 2 is 2.23 bits per heavy atom. The number of nitrogens with zero attached hydrogens (tertiary/aromatic N) is 3. The molecular formula is C14H20FN3O3S. The maximum absolute atomic E-state index is 13.5. The van der Waals surface area contributed by atoms with Gasteiger partial charge in [-0.3, -0.25) is 9.79 Å². The van der Waals surface area contributed by atoms with E-state index in [2.05, 4.69) is 4.99 Å². The van der Waals surface area contributed by atoms with Gasteiger partial charge in [0.1, 0.15) is 17.7 Å². The van der Waals surface area contributed by atoms with Crippen LogP contribution in [-0.4, -0.2) is 71.7 Å². The van der Waals surface area contributed by atoms with E-state index in [4.69, 9.17) is 0 Å². The highest BCUT2D eigenvalue weighted by molar-refractivity contribution is 8.03. The lowest BCUT2D eigenvalue weighted by molar-refractivity contribution is -0.158. The highest BCUT2D eigenvalue weighted by atomic mass is 32.2. The summed E-state index contributed by atoms with van der Waals surface area (Å²) < 4.78 is 13.5. The van der Waals surface area contributed by atoms with Gasteiger partial charge in [0.15, 0.2) is 0 Å². The van der Waals surface area contributed by atoms with Crippen LogP contribution in [0.5, 0.6) is 0 Å². The third-order valence-corrected chi connectivity index (χ3v) is 5.13. The largest absolute Gasteiger partial charge is 0.477 e. The van der Waals surface area contributed by atoms with Crippen molar-refractivity contribution in [3.63, 3.8) is 0 Å². The number of halogens is 1. The van der Waals surface area contributed by atoms with E-state index in [9.17, 15) is 19.1 Å². The van der Waals surface area contributed by atoms with Crippen molar-refractivity contribution in [2.45, 2.75) is 25.6 Å². The summed E-state index contributed by atoms with van der Waals surface area (Å²) in [5.74, 6) is -0.952. The number of hydrogen-bond acceptors (Lipinski definition) is 4. The van der Waals surface area contributed by atoms with Crippen LogP contribution in [0, 0.1) is 5.92 Å². The molecule has 1 saturated heterocycles. The van der Waals surface area contributed by atoms with Crippen molar-refractivity contribution in [3.8, 4) is 0 Å². The Morgan fingerprint density at radius 3 is 2.68 bits per heavy atom. The number of aliphatic imine (C=N–C) groups is 1. The standard InChI is InChI=1S/C14H20FN3O3S/c1-7(15)11-8-5-9(22-6-10(16-2)17(3)4)12(14(20)21)18(8)13(11)19/h7-8,11H,5-6H2,1-4H3,(H,20,21)/t7-,8-,11+/m1/s1.